The van der Waals surface area contributed by atoms with Gasteiger partial charge in [0, 0.05) is 19.2 Å². The molecule has 2 aliphatic heterocycles. The quantitative estimate of drug-likeness (QED) is 0.578. The molecule has 2 aliphatic rings. The zero-order valence-corrected chi connectivity index (χ0v) is 17.8. The summed E-state index contributed by atoms with van der Waals surface area (Å²) in [6.45, 7) is 3.90. The van der Waals surface area contributed by atoms with Crippen molar-refractivity contribution in [2.45, 2.75) is 32.5 Å². The molecule has 172 valence electrons. The van der Waals surface area contributed by atoms with Crippen molar-refractivity contribution in [2.24, 2.45) is 0 Å². The number of rotatable bonds is 5. The van der Waals surface area contributed by atoms with Crippen molar-refractivity contribution < 1.29 is 23.0 Å². The number of halogens is 2. The minimum atomic E-state index is -0.899. The Morgan fingerprint density at radius 1 is 1.15 bits per heavy atom. The number of anilines is 1. The van der Waals surface area contributed by atoms with Crippen molar-refractivity contribution >= 4 is 5.82 Å². The van der Waals surface area contributed by atoms with Gasteiger partial charge >= 0.3 is 5.69 Å². The van der Waals surface area contributed by atoms with Gasteiger partial charge in [0.05, 0.1) is 31.6 Å². The van der Waals surface area contributed by atoms with Crippen molar-refractivity contribution in [3.8, 4) is 17.4 Å². The summed E-state index contributed by atoms with van der Waals surface area (Å²) >= 11 is 0. The molecule has 0 bridgehead atoms. The average molecular weight is 457 g/mol. The lowest BCUT2D eigenvalue weighted by atomic mass is 10.1. The maximum absolute atomic E-state index is 14.5. The van der Waals surface area contributed by atoms with Crippen LogP contribution in [0.2, 0.25) is 0 Å². The number of fused-ring (bicyclic) bond motifs is 3. The van der Waals surface area contributed by atoms with E-state index >= 15 is 0 Å². The molecule has 1 atom stereocenters. The Labute approximate surface area is 187 Å². The number of benzene rings is 1. The molecule has 11 heteroatoms. The average Bonchev–Trinajstić information content (AvgIpc) is 2.81. The molecule has 0 radical (unpaired) electrons. The molecule has 4 heterocycles. The van der Waals surface area contributed by atoms with E-state index in [1.807, 2.05) is 0 Å². The Hall–Kier alpha value is -3.60. The maximum atomic E-state index is 14.5. The van der Waals surface area contributed by atoms with E-state index < -0.39 is 23.1 Å². The molecule has 0 aliphatic carbocycles. The van der Waals surface area contributed by atoms with Gasteiger partial charge in [-0.3, -0.25) is 4.57 Å². The highest BCUT2D eigenvalue weighted by atomic mass is 19.1. The van der Waals surface area contributed by atoms with Gasteiger partial charge in [0.25, 0.3) is 0 Å². The molecule has 0 saturated carbocycles. The monoisotopic (exact) mass is 457 g/mol. The van der Waals surface area contributed by atoms with Gasteiger partial charge in [0.2, 0.25) is 5.88 Å². The largest absolute Gasteiger partial charge is 0.473 e. The lowest BCUT2D eigenvalue weighted by Gasteiger charge is -2.41. The first-order chi connectivity index (χ1) is 16.0. The molecule has 0 N–H and O–H groups in total. The predicted octanol–water partition coefficient (Wildman–Crippen LogP) is 2.60. The van der Waals surface area contributed by atoms with Crippen LogP contribution in [-0.2, 0) is 17.9 Å². The van der Waals surface area contributed by atoms with Crippen LogP contribution in [0.5, 0.6) is 17.4 Å². The normalized spacial score (nSPS) is 17.3. The summed E-state index contributed by atoms with van der Waals surface area (Å²) in [5.74, 6) is -0.928. The smallest absolute Gasteiger partial charge is 0.352 e. The van der Waals surface area contributed by atoms with Crippen LogP contribution in [0, 0.1) is 18.6 Å². The fourth-order valence-electron chi connectivity index (χ4n) is 3.97. The van der Waals surface area contributed by atoms with Gasteiger partial charge in [-0.1, -0.05) is 0 Å². The van der Waals surface area contributed by atoms with E-state index in [9.17, 15) is 13.6 Å². The zero-order valence-electron chi connectivity index (χ0n) is 17.8. The highest BCUT2D eigenvalue weighted by Crippen LogP contribution is 2.30. The van der Waals surface area contributed by atoms with Gasteiger partial charge < -0.3 is 19.1 Å². The zero-order chi connectivity index (χ0) is 22.9. The second-order valence-corrected chi connectivity index (χ2v) is 7.84. The fourth-order valence-corrected chi connectivity index (χ4v) is 3.97. The minimum absolute atomic E-state index is 0.0938. The molecular weight excluding hydrogens is 436 g/mol. The van der Waals surface area contributed by atoms with Gasteiger partial charge in [-0.05, 0) is 31.0 Å². The highest BCUT2D eigenvalue weighted by molar-refractivity contribution is 5.45. The number of aryl methyl sites for hydroxylation is 1. The predicted molar refractivity (Wildman–Crippen MR) is 113 cm³/mol. The van der Waals surface area contributed by atoms with Gasteiger partial charge in [-0.25, -0.2) is 23.5 Å². The summed E-state index contributed by atoms with van der Waals surface area (Å²) in [7, 11) is 0. The van der Waals surface area contributed by atoms with Crippen molar-refractivity contribution in [3.63, 3.8) is 0 Å². The molecule has 5 rings (SSSR count). The molecule has 0 unspecified atom stereocenters. The molecule has 3 aromatic rings. The summed E-state index contributed by atoms with van der Waals surface area (Å²) < 4.78 is 47.1. The van der Waals surface area contributed by atoms with Crippen molar-refractivity contribution in [1.29, 1.82) is 0 Å². The molecule has 1 aromatic carbocycles. The van der Waals surface area contributed by atoms with E-state index in [1.54, 1.807) is 17.6 Å². The van der Waals surface area contributed by atoms with Crippen LogP contribution in [0.1, 0.15) is 17.8 Å². The van der Waals surface area contributed by atoms with Crippen molar-refractivity contribution in [2.75, 3.05) is 24.7 Å². The fraction of sp³-hybridized carbons (Fsp3) is 0.364. The number of nitrogens with zero attached hydrogens (tertiary/aromatic N) is 5. The molecule has 1 fully saturated rings. The number of ether oxygens (including phenoxy) is 3. The molecule has 9 nitrogen and oxygen atoms in total. The topological polar surface area (TPSA) is 91.6 Å². The minimum Gasteiger partial charge on any atom is -0.473 e. The Kier molecular flexibility index (Phi) is 5.63. The number of hydrogen-bond acceptors (Lipinski definition) is 8. The number of hydrogen-bond donors (Lipinski definition) is 0. The van der Waals surface area contributed by atoms with E-state index in [1.165, 1.54) is 12.4 Å². The lowest BCUT2D eigenvalue weighted by molar-refractivity contribution is 0.0847. The highest BCUT2D eigenvalue weighted by Gasteiger charge is 2.30. The van der Waals surface area contributed by atoms with E-state index in [0.717, 1.165) is 18.6 Å². The molecule has 2 aromatic heterocycles. The van der Waals surface area contributed by atoms with Crippen LogP contribution < -0.4 is 20.1 Å². The van der Waals surface area contributed by atoms with Gasteiger partial charge in [0.1, 0.15) is 18.2 Å². The van der Waals surface area contributed by atoms with Crippen molar-refractivity contribution in [1.82, 2.24) is 19.5 Å². The van der Waals surface area contributed by atoms with E-state index in [2.05, 4.69) is 19.9 Å². The molecule has 33 heavy (non-hydrogen) atoms. The van der Waals surface area contributed by atoms with Crippen molar-refractivity contribution in [3.05, 3.63) is 64.1 Å². The van der Waals surface area contributed by atoms with Crippen LogP contribution in [0.4, 0.5) is 14.6 Å². The first-order valence-corrected chi connectivity index (χ1v) is 10.5. The third-order valence-electron chi connectivity index (χ3n) is 5.60. The molecular formula is C22H21F2N5O4. The molecule has 0 spiro atoms. The maximum Gasteiger partial charge on any atom is 0.352 e. The van der Waals surface area contributed by atoms with Crippen LogP contribution in [0.25, 0.3) is 0 Å². The Bertz CT molecular complexity index is 1210. The van der Waals surface area contributed by atoms with Crippen LogP contribution in [-0.4, -0.2) is 45.3 Å². The Morgan fingerprint density at radius 2 is 1.91 bits per heavy atom. The number of aromatic nitrogens is 4. The van der Waals surface area contributed by atoms with Gasteiger partial charge in [-0.15, -0.1) is 0 Å². The molecule has 1 saturated heterocycles. The van der Waals surface area contributed by atoms with Crippen LogP contribution in [0.3, 0.4) is 0 Å². The van der Waals surface area contributed by atoms with Gasteiger partial charge in [-0.2, -0.15) is 4.98 Å². The standard InChI is InChI=1S/C22H21F2N5O4/c1-13-25-9-16(10-26-13)33-21-17(23)6-14(7-18(21)24)11-32-19-8-20-28-4-5-31-12-15(28)2-3-29(20)22(30)27-19/h6-10,15H,2-5,11-12H2,1H3/t15-/m1/s1. The van der Waals surface area contributed by atoms with E-state index in [0.29, 0.717) is 37.9 Å². The van der Waals surface area contributed by atoms with E-state index in [-0.39, 0.29) is 29.8 Å². The third kappa shape index (κ3) is 4.36. The summed E-state index contributed by atoms with van der Waals surface area (Å²) in [5.41, 5.74) is -0.199. The SMILES string of the molecule is Cc1ncc(Oc2c(F)cc(COc3cc4n(c(=O)n3)CC[C@@H]3COCCN43)cc2F)cn1. The van der Waals surface area contributed by atoms with Crippen LogP contribution >= 0.6 is 0 Å². The van der Waals surface area contributed by atoms with Crippen LogP contribution in [0.15, 0.2) is 35.4 Å². The number of morpholine rings is 1. The third-order valence-corrected chi connectivity index (χ3v) is 5.60. The second-order valence-electron chi connectivity index (χ2n) is 7.84. The Balaban J connectivity index is 1.33. The molecule has 0 amide bonds. The first-order valence-electron chi connectivity index (χ1n) is 10.5. The Morgan fingerprint density at radius 3 is 2.67 bits per heavy atom. The summed E-state index contributed by atoms with van der Waals surface area (Å²) in [5, 5.41) is 0. The lowest BCUT2D eigenvalue weighted by Crippen LogP contribution is -2.51. The summed E-state index contributed by atoms with van der Waals surface area (Å²) in [6, 6.07) is 4.09. The summed E-state index contributed by atoms with van der Waals surface area (Å²) in [6.07, 6.45) is 3.46. The second kappa shape index (κ2) is 8.74. The van der Waals surface area contributed by atoms with Gasteiger partial charge in [0.15, 0.2) is 23.1 Å². The van der Waals surface area contributed by atoms with E-state index in [4.69, 9.17) is 14.2 Å². The summed E-state index contributed by atoms with van der Waals surface area (Å²) in [4.78, 5) is 26.4. The first kappa shape index (κ1) is 21.3.